The number of alkyl halides is 3. The number of rotatable bonds is 2. The molecule has 1 aromatic heterocycles. The first-order valence-electron chi connectivity index (χ1n) is 3.82. The van der Waals surface area contributed by atoms with E-state index < -0.39 is 12.7 Å². The van der Waals surface area contributed by atoms with Crippen molar-refractivity contribution >= 4 is 16.8 Å². The van der Waals surface area contributed by atoms with Gasteiger partial charge in [-0.2, -0.15) is 18.3 Å². The van der Waals surface area contributed by atoms with Gasteiger partial charge in [0.15, 0.2) is 5.17 Å². The lowest BCUT2D eigenvalue weighted by Crippen LogP contribution is -2.19. The summed E-state index contributed by atoms with van der Waals surface area (Å²) >= 11 is 5.45. The highest BCUT2D eigenvalue weighted by Gasteiger charge is 2.29. The molecule has 0 aromatic carbocycles. The monoisotopic (exact) mass is 241 g/mol. The minimum Gasteiger partial charge on any atom is -0.410 e. The third-order valence-electron chi connectivity index (χ3n) is 1.74. The van der Waals surface area contributed by atoms with Crippen molar-refractivity contribution in [3.63, 3.8) is 0 Å². The molecule has 4 nitrogen and oxygen atoms in total. The number of aromatic nitrogens is 2. The minimum absolute atomic E-state index is 0.170. The molecule has 1 heterocycles. The van der Waals surface area contributed by atoms with E-state index in [1.807, 2.05) is 0 Å². The smallest absolute Gasteiger partial charge is 0.408 e. The van der Waals surface area contributed by atoms with Gasteiger partial charge in [-0.15, -0.1) is 0 Å². The first-order chi connectivity index (χ1) is 6.85. The van der Waals surface area contributed by atoms with Crippen LogP contribution in [0.5, 0.6) is 0 Å². The quantitative estimate of drug-likeness (QED) is 0.490. The van der Waals surface area contributed by atoms with Crippen LogP contribution in [0.15, 0.2) is 11.4 Å². The summed E-state index contributed by atoms with van der Waals surface area (Å²) in [6.07, 6.45) is -3.24. The van der Waals surface area contributed by atoms with Crippen LogP contribution in [0.2, 0.25) is 0 Å². The molecule has 1 N–H and O–H groups in total. The standard InChI is InChI=1S/C7H7ClF3N3O/c1-4-5(6(8)13-15)2-12-14(4)3-7(9,10)11/h2,15H,3H2,1H3. The molecule has 0 spiro atoms. The highest BCUT2D eigenvalue weighted by Crippen LogP contribution is 2.19. The number of hydrogen-bond donors (Lipinski definition) is 1. The van der Waals surface area contributed by atoms with Crippen LogP contribution in [0.1, 0.15) is 11.3 Å². The maximum absolute atomic E-state index is 12.0. The van der Waals surface area contributed by atoms with E-state index >= 15 is 0 Å². The van der Waals surface area contributed by atoms with Crippen LogP contribution in [0.3, 0.4) is 0 Å². The second kappa shape index (κ2) is 4.09. The Kier molecular flexibility index (Phi) is 3.23. The molecule has 0 saturated carbocycles. The molecule has 0 fully saturated rings. The van der Waals surface area contributed by atoms with Gasteiger partial charge in [-0.3, -0.25) is 4.68 Å². The largest absolute Gasteiger partial charge is 0.410 e. The van der Waals surface area contributed by atoms with Gasteiger partial charge in [0.05, 0.1) is 11.8 Å². The van der Waals surface area contributed by atoms with E-state index in [9.17, 15) is 13.2 Å². The van der Waals surface area contributed by atoms with Gasteiger partial charge in [0.1, 0.15) is 6.54 Å². The Bertz CT molecular complexity index is 385. The molecular weight excluding hydrogens is 235 g/mol. The van der Waals surface area contributed by atoms with Gasteiger partial charge in [0.25, 0.3) is 0 Å². The summed E-state index contributed by atoms with van der Waals surface area (Å²) in [6.45, 7) is 0.204. The van der Waals surface area contributed by atoms with Gasteiger partial charge in [-0.25, -0.2) is 0 Å². The molecule has 0 saturated heterocycles. The molecule has 0 radical (unpaired) electrons. The fourth-order valence-corrected chi connectivity index (χ4v) is 1.22. The molecule has 0 aliphatic heterocycles. The molecule has 8 heteroatoms. The Morgan fingerprint density at radius 3 is 2.73 bits per heavy atom. The highest BCUT2D eigenvalue weighted by molar-refractivity contribution is 6.69. The number of nitrogens with zero attached hydrogens (tertiary/aromatic N) is 3. The van der Waals surface area contributed by atoms with E-state index in [1.165, 1.54) is 6.92 Å². The Labute approximate surface area is 87.9 Å². The zero-order valence-corrected chi connectivity index (χ0v) is 8.34. The van der Waals surface area contributed by atoms with Crippen molar-refractivity contribution in [1.82, 2.24) is 9.78 Å². The number of hydrogen-bond acceptors (Lipinski definition) is 3. The first kappa shape index (κ1) is 11.8. The molecule has 0 unspecified atom stereocenters. The normalized spacial score (nSPS) is 13.3. The van der Waals surface area contributed by atoms with E-state index in [-0.39, 0.29) is 16.4 Å². The maximum atomic E-state index is 12.0. The van der Waals surface area contributed by atoms with E-state index in [2.05, 4.69) is 10.3 Å². The van der Waals surface area contributed by atoms with Crippen LogP contribution in [0, 0.1) is 6.92 Å². The maximum Gasteiger partial charge on any atom is 0.408 e. The number of halogens is 4. The third kappa shape index (κ3) is 2.85. The summed E-state index contributed by atoms with van der Waals surface area (Å²) in [4.78, 5) is 0. The molecule has 0 aliphatic carbocycles. The first-order valence-corrected chi connectivity index (χ1v) is 4.20. The summed E-state index contributed by atoms with van der Waals surface area (Å²) in [5, 5.41) is 14.2. The summed E-state index contributed by atoms with van der Waals surface area (Å²) in [6, 6.07) is 0. The van der Waals surface area contributed by atoms with Crippen molar-refractivity contribution in [2.45, 2.75) is 19.6 Å². The van der Waals surface area contributed by atoms with Crippen molar-refractivity contribution in [3.05, 3.63) is 17.5 Å². The molecule has 1 rings (SSSR count). The van der Waals surface area contributed by atoms with Crippen LogP contribution < -0.4 is 0 Å². The van der Waals surface area contributed by atoms with Crippen LogP contribution >= 0.6 is 11.6 Å². The average Bonchev–Trinajstić information content (AvgIpc) is 2.45. The van der Waals surface area contributed by atoms with Crippen molar-refractivity contribution in [2.24, 2.45) is 5.16 Å². The Morgan fingerprint density at radius 1 is 1.67 bits per heavy atom. The topological polar surface area (TPSA) is 50.4 Å². The third-order valence-corrected chi connectivity index (χ3v) is 2.02. The Morgan fingerprint density at radius 2 is 2.27 bits per heavy atom. The lowest BCUT2D eigenvalue weighted by atomic mass is 10.3. The fourth-order valence-electron chi connectivity index (χ4n) is 1.03. The van der Waals surface area contributed by atoms with Crippen LogP contribution in [-0.4, -0.2) is 26.3 Å². The summed E-state index contributed by atoms with van der Waals surface area (Å²) in [7, 11) is 0. The van der Waals surface area contributed by atoms with Crippen LogP contribution in [0.25, 0.3) is 0 Å². The van der Waals surface area contributed by atoms with Crippen LogP contribution in [0.4, 0.5) is 13.2 Å². The molecule has 0 bridgehead atoms. The highest BCUT2D eigenvalue weighted by atomic mass is 35.5. The molecule has 0 aliphatic rings. The predicted octanol–water partition coefficient (Wildman–Crippen LogP) is 2.13. The van der Waals surface area contributed by atoms with Crippen molar-refractivity contribution in [1.29, 1.82) is 0 Å². The van der Waals surface area contributed by atoms with E-state index in [0.717, 1.165) is 10.9 Å². The van der Waals surface area contributed by atoms with Gasteiger partial charge in [0.2, 0.25) is 0 Å². The lowest BCUT2D eigenvalue weighted by Gasteiger charge is -2.08. The zero-order chi connectivity index (χ0) is 11.6. The summed E-state index contributed by atoms with van der Waals surface area (Å²) in [5.74, 6) is 0. The zero-order valence-electron chi connectivity index (χ0n) is 7.59. The minimum atomic E-state index is -4.35. The van der Waals surface area contributed by atoms with E-state index in [0.29, 0.717) is 0 Å². The molecule has 15 heavy (non-hydrogen) atoms. The molecule has 0 amide bonds. The lowest BCUT2D eigenvalue weighted by molar-refractivity contribution is -0.142. The Hall–Kier alpha value is -1.24. The van der Waals surface area contributed by atoms with Gasteiger partial charge in [-0.1, -0.05) is 16.8 Å². The van der Waals surface area contributed by atoms with Gasteiger partial charge < -0.3 is 5.21 Å². The fraction of sp³-hybridized carbons (Fsp3) is 0.429. The van der Waals surface area contributed by atoms with Crippen LogP contribution in [-0.2, 0) is 6.54 Å². The molecular formula is C7H7ClF3N3O. The number of oxime groups is 1. The van der Waals surface area contributed by atoms with Crippen molar-refractivity contribution in [2.75, 3.05) is 0 Å². The summed E-state index contributed by atoms with van der Waals surface area (Å²) < 4.78 is 36.9. The predicted molar refractivity (Wildman–Crippen MR) is 47.2 cm³/mol. The average molecular weight is 242 g/mol. The van der Waals surface area contributed by atoms with Crippen molar-refractivity contribution < 1.29 is 18.4 Å². The van der Waals surface area contributed by atoms with Gasteiger partial charge in [-0.05, 0) is 6.92 Å². The SMILES string of the molecule is Cc1c(C(Cl)=NO)cnn1CC(F)(F)F. The van der Waals surface area contributed by atoms with Crippen molar-refractivity contribution in [3.8, 4) is 0 Å². The molecule has 0 atom stereocenters. The summed E-state index contributed by atoms with van der Waals surface area (Å²) in [5.41, 5.74) is 0.360. The molecule has 84 valence electrons. The molecule has 1 aromatic rings. The van der Waals surface area contributed by atoms with Gasteiger partial charge in [0, 0.05) is 5.69 Å². The second-order valence-corrected chi connectivity index (χ2v) is 3.17. The van der Waals surface area contributed by atoms with E-state index in [1.54, 1.807) is 0 Å². The van der Waals surface area contributed by atoms with Gasteiger partial charge >= 0.3 is 6.18 Å². The Balaban J connectivity index is 3.00. The second-order valence-electron chi connectivity index (χ2n) is 2.81. The van der Waals surface area contributed by atoms with E-state index in [4.69, 9.17) is 16.8 Å².